The van der Waals surface area contributed by atoms with E-state index < -0.39 is 5.60 Å². The summed E-state index contributed by atoms with van der Waals surface area (Å²) < 4.78 is 0. The van der Waals surface area contributed by atoms with Crippen LogP contribution in [0.15, 0.2) is 33.9 Å². The lowest BCUT2D eigenvalue weighted by Crippen LogP contribution is -2.49. The van der Waals surface area contributed by atoms with Crippen LogP contribution in [0.2, 0.25) is 0 Å². The minimum Gasteiger partial charge on any atom is -0.381 e. The fourth-order valence-corrected chi connectivity index (χ4v) is 3.68. The SMILES string of the molecule is CC1=C(CN)C2=C(C)C3(CC3)[C@@](C)(O)C(=O)C2=C1. The van der Waals surface area contributed by atoms with E-state index in [2.05, 4.69) is 0 Å². The van der Waals surface area contributed by atoms with Crippen LogP contribution < -0.4 is 5.73 Å². The molecule has 0 saturated heterocycles. The molecule has 1 fully saturated rings. The van der Waals surface area contributed by atoms with Crippen LogP contribution in [0, 0.1) is 5.41 Å². The Balaban J connectivity index is 2.28. The van der Waals surface area contributed by atoms with Crippen molar-refractivity contribution >= 4 is 5.78 Å². The molecule has 1 saturated carbocycles. The second-order valence-electron chi connectivity index (χ2n) is 5.91. The second-order valence-corrected chi connectivity index (χ2v) is 5.91. The molecule has 0 radical (unpaired) electrons. The molecule has 0 amide bonds. The van der Waals surface area contributed by atoms with Crippen LogP contribution in [-0.2, 0) is 4.79 Å². The molecule has 3 nitrogen and oxygen atoms in total. The summed E-state index contributed by atoms with van der Waals surface area (Å²) >= 11 is 0. The number of ketones is 1. The number of allylic oxidation sites excluding steroid dienone is 2. The molecule has 96 valence electrons. The Kier molecular flexibility index (Phi) is 2.13. The summed E-state index contributed by atoms with van der Waals surface area (Å²) in [5, 5.41) is 10.6. The molecule has 0 aromatic carbocycles. The van der Waals surface area contributed by atoms with Crippen molar-refractivity contribution in [2.45, 2.75) is 39.2 Å². The highest BCUT2D eigenvalue weighted by Gasteiger charge is 2.64. The maximum atomic E-state index is 12.5. The third-order valence-electron chi connectivity index (χ3n) is 5.07. The van der Waals surface area contributed by atoms with Gasteiger partial charge in [-0.2, -0.15) is 0 Å². The fraction of sp³-hybridized carbons (Fsp3) is 0.533. The van der Waals surface area contributed by atoms with Crippen molar-refractivity contribution in [2.24, 2.45) is 11.1 Å². The normalized spacial score (nSPS) is 33.2. The third-order valence-corrected chi connectivity index (χ3v) is 5.07. The molecule has 0 unspecified atom stereocenters. The molecule has 18 heavy (non-hydrogen) atoms. The molecule has 3 aliphatic carbocycles. The first-order chi connectivity index (χ1) is 8.37. The van der Waals surface area contributed by atoms with E-state index >= 15 is 0 Å². The molecular weight excluding hydrogens is 226 g/mol. The van der Waals surface area contributed by atoms with Gasteiger partial charge in [0.2, 0.25) is 0 Å². The standard InChI is InChI=1S/C15H19NO2/c1-8-6-10-12(11(8)7-16)9(2)15(4-5-15)14(3,18)13(10)17/h6,18H,4-5,7,16H2,1-3H3/t14-/m0/s1. The maximum absolute atomic E-state index is 12.5. The first-order valence-electron chi connectivity index (χ1n) is 6.47. The van der Waals surface area contributed by atoms with Crippen molar-refractivity contribution in [3.05, 3.63) is 33.9 Å². The first kappa shape index (κ1) is 11.9. The number of nitrogens with two attached hydrogens (primary N) is 1. The molecule has 1 spiro atoms. The van der Waals surface area contributed by atoms with E-state index in [0.717, 1.165) is 35.1 Å². The number of hydrogen-bond acceptors (Lipinski definition) is 3. The van der Waals surface area contributed by atoms with Gasteiger partial charge in [-0.3, -0.25) is 4.79 Å². The van der Waals surface area contributed by atoms with E-state index in [4.69, 9.17) is 5.73 Å². The summed E-state index contributed by atoms with van der Waals surface area (Å²) in [7, 11) is 0. The summed E-state index contributed by atoms with van der Waals surface area (Å²) in [6.07, 6.45) is 3.67. The highest BCUT2D eigenvalue weighted by atomic mass is 16.3. The predicted molar refractivity (Wildman–Crippen MR) is 69.8 cm³/mol. The number of Topliss-reactive ketones (excluding diaryl/α,β-unsaturated/α-hetero) is 1. The summed E-state index contributed by atoms with van der Waals surface area (Å²) in [5.41, 5.74) is 9.18. The molecule has 1 atom stereocenters. The lowest BCUT2D eigenvalue weighted by atomic mass is 9.67. The molecule has 0 bridgehead atoms. The summed E-state index contributed by atoms with van der Waals surface area (Å²) in [6.45, 7) is 6.14. The van der Waals surface area contributed by atoms with Crippen LogP contribution in [-0.4, -0.2) is 23.0 Å². The van der Waals surface area contributed by atoms with Gasteiger partial charge in [-0.1, -0.05) is 5.57 Å². The Morgan fingerprint density at radius 2 is 2.00 bits per heavy atom. The van der Waals surface area contributed by atoms with Gasteiger partial charge in [0, 0.05) is 17.5 Å². The number of carbonyl (C=O) groups excluding carboxylic acids is 1. The smallest absolute Gasteiger partial charge is 0.195 e. The Morgan fingerprint density at radius 3 is 2.50 bits per heavy atom. The second kappa shape index (κ2) is 3.22. The monoisotopic (exact) mass is 245 g/mol. The molecule has 0 heterocycles. The van der Waals surface area contributed by atoms with Crippen molar-refractivity contribution < 1.29 is 9.90 Å². The summed E-state index contributed by atoms with van der Waals surface area (Å²) in [5.74, 6) is -0.136. The average molecular weight is 245 g/mol. The topological polar surface area (TPSA) is 63.3 Å². The zero-order valence-corrected chi connectivity index (χ0v) is 11.1. The van der Waals surface area contributed by atoms with Crippen LogP contribution in [0.1, 0.15) is 33.6 Å². The number of aliphatic hydroxyl groups is 1. The lowest BCUT2D eigenvalue weighted by molar-refractivity contribution is -0.137. The van der Waals surface area contributed by atoms with Gasteiger partial charge in [0.05, 0.1) is 0 Å². The van der Waals surface area contributed by atoms with E-state index in [1.54, 1.807) is 6.92 Å². The van der Waals surface area contributed by atoms with Crippen LogP contribution in [0.3, 0.4) is 0 Å². The molecule has 3 heteroatoms. The van der Waals surface area contributed by atoms with Crippen molar-refractivity contribution in [3.63, 3.8) is 0 Å². The van der Waals surface area contributed by atoms with E-state index in [1.165, 1.54) is 0 Å². The van der Waals surface area contributed by atoms with E-state index in [9.17, 15) is 9.90 Å². The highest BCUT2D eigenvalue weighted by molar-refractivity contribution is 6.10. The fourth-order valence-electron chi connectivity index (χ4n) is 3.68. The lowest BCUT2D eigenvalue weighted by Gasteiger charge is -2.39. The van der Waals surface area contributed by atoms with Crippen molar-refractivity contribution in [2.75, 3.05) is 6.54 Å². The Hall–Kier alpha value is -1.19. The first-order valence-corrected chi connectivity index (χ1v) is 6.47. The van der Waals surface area contributed by atoms with Gasteiger partial charge in [-0.25, -0.2) is 0 Å². The van der Waals surface area contributed by atoms with Crippen LogP contribution in [0.25, 0.3) is 0 Å². The van der Waals surface area contributed by atoms with Crippen LogP contribution >= 0.6 is 0 Å². The average Bonchev–Trinajstić information content (AvgIpc) is 3.06. The van der Waals surface area contributed by atoms with E-state index in [1.807, 2.05) is 19.9 Å². The molecule has 3 N–H and O–H groups in total. The van der Waals surface area contributed by atoms with Crippen molar-refractivity contribution in [3.8, 4) is 0 Å². The van der Waals surface area contributed by atoms with Gasteiger partial charge in [0.1, 0.15) is 5.60 Å². The Labute approximate surface area is 107 Å². The molecule has 3 rings (SSSR count). The Morgan fingerprint density at radius 1 is 1.39 bits per heavy atom. The molecule has 3 aliphatic rings. The third kappa shape index (κ3) is 1.09. The van der Waals surface area contributed by atoms with Crippen molar-refractivity contribution in [1.29, 1.82) is 0 Å². The summed E-state index contributed by atoms with van der Waals surface area (Å²) in [4.78, 5) is 12.5. The number of hydrogen-bond donors (Lipinski definition) is 2. The quantitative estimate of drug-likeness (QED) is 0.738. The molecular formula is C15H19NO2. The van der Waals surface area contributed by atoms with E-state index in [-0.39, 0.29) is 11.2 Å². The summed E-state index contributed by atoms with van der Waals surface area (Å²) in [6, 6.07) is 0. The molecule has 0 aromatic rings. The largest absolute Gasteiger partial charge is 0.381 e. The van der Waals surface area contributed by atoms with Gasteiger partial charge < -0.3 is 10.8 Å². The molecule has 0 aliphatic heterocycles. The van der Waals surface area contributed by atoms with Crippen molar-refractivity contribution in [1.82, 2.24) is 0 Å². The zero-order chi connectivity index (χ0) is 13.3. The van der Waals surface area contributed by atoms with E-state index in [0.29, 0.717) is 12.1 Å². The van der Waals surface area contributed by atoms with Gasteiger partial charge in [-0.05, 0) is 56.4 Å². The van der Waals surface area contributed by atoms with Gasteiger partial charge in [0.15, 0.2) is 5.78 Å². The minimum absolute atomic E-state index is 0.136. The molecule has 0 aromatic heterocycles. The maximum Gasteiger partial charge on any atom is 0.195 e. The van der Waals surface area contributed by atoms with Gasteiger partial charge in [0.25, 0.3) is 0 Å². The predicted octanol–water partition coefficient (Wildman–Crippen LogP) is 1.63. The highest BCUT2D eigenvalue weighted by Crippen LogP contribution is 2.64. The number of carbonyl (C=O) groups is 1. The number of rotatable bonds is 1. The Bertz CT molecular complexity index is 557. The van der Waals surface area contributed by atoms with Gasteiger partial charge >= 0.3 is 0 Å². The van der Waals surface area contributed by atoms with Gasteiger partial charge in [-0.15, -0.1) is 0 Å². The number of fused-ring (bicyclic) bond motifs is 1. The van der Waals surface area contributed by atoms with Crippen LogP contribution in [0.4, 0.5) is 0 Å². The van der Waals surface area contributed by atoms with Crippen LogP contribution in [0.5, 0.6) is 0 Å². The minimum atomic E-state index is -1.25. The zero-order valence-electron chi connectivity index (χ0n) is 11.1.